The zero-order valence-corrected chi connectivity index (χ0v) is 18.2. The average Bonchev–Trinajstić information content (AvgIpc) is 3.13. The van der Waals surface area contributed by atoms with Crippen LogP contribution in [-0.4, -0.2) is 25.5 Å². The summed E-state index contributed by atoms with van der Waals surface area (Å²) in [6.07, 6.45) is 1.78. The van der Waals surface area contributed by atoms with Crippen LogP contribution >= 0.6 is 39.1 Å². The highest BCUT2D eigenvalue weighted by Gasteiger charge is 2.20. The van der Waals surface area contributed by atoms with Crippen LogP contribution in [-0.2, 0) is 13.1 Å². The van der Waals surface area contributed by atoms with Crippen molar-refractivity contribution in [2.45, 2.75) is 33.9 Å². The van der Waals surface area contributed by atoms with Crippen LogP contribution in [0.2, 0.25) is 10.0 Å². The third kappa shape index (κ3) is 4.05. The maximum absolute atomic E-state index is 12.6. The summed E-state index contributed by atoms with van der Waals surface area (Å²) in [6.45, 7) is 6.78. The number of aryl methyl sites for hydroxylation is 2. The van der Waals surface area contributed by atoms with Gasteiger partial charge in [-0.25, -0.2) is 0 Å². The lowest BCUT2D eigenvalue weighted by atomic mass is 10.2. The molecule has 0 aliphatic rings. The number of carbonyl (C=O) groups excluding carboxylic acids is 1. The molecule has 0 bridgehead atoms. The Morgan fingerprint density at radius 1 is 1.22 bits per heavy atom. The van der Waals surface area contributed by atoms with Crippen molar-refractivity contribution in [2.24, 2.45) is 0 Å². The molecule has 0 saturated heterocycles. The van der Waals surface area contributed by atoms with Crippen molar-refractivity contribution in [3.63, 3.8) is 0 Å². The van der Waals surface area contributed by atoms with Crippen LogP contribution in [0.4, 0.5) is 5.69 Å². The van der Waals surface area contributed by atoms with Crippen LogP contribution in [0.5, 0.6) is 0 Å². The van der Waals surface area contributed by atoms with Gasteiger partial charge in [0.25, 0.3) is 5.91 Å². The zero-order valence-electron chi connectivity index (χ0n) is 15.1. The highest BCUT2D eigenvalue weighted by atomic mass is 79.9. The third-order valence-electron chi connectivity index (χ3n) is 4.25. The van der Waals surface area contributed by atoms with Crippen molar-refractivity contribution in [3.8, 4) is 0 Å². The van der Waals surface area contributed by atoms with E-state index in [-0.39, 0.29) is 5.91 Å². The minimum atomic E-state index is -0.296. The van der Waals surface area contributed by atoms with Gasteiger partial charge in [0.1, 0.15) is 0 Å². The Morgan fingerprint density at radius 2 is 1.89 bits per heavy atom. The maximum Gasteiger partial charge on any atom is 0.277 e. The third-order valence-corrected chi connectivity index (χ3v) is 5.53. The van der Waals surface area contributed by atoms with Crippen LogP contribution in [0.25, 0.3) is 0 Å². The first kappa shape index (κ1) is 19.9. The number of halogens is 3. The summed E-state index contributed by atoms with van der Waals surface area (Å²) in [7, 11) is 0. The molecule has 0 aliphatic heterocycles. The van der Waals surface area contributed by atoms with Crippen LogP contribution in [0.15, 0.2) is 28.9 Å². The second-order valence-corrected chi connectivity index (χ2v) is 7.71. The van der Waals surface area contributed by atoms with Crippen LogP contribution in [0.1, 0.15) is 34.4 Å². The van der Waals surface area contributed by atoms with Crippen LogP contribution in [0.3, 0.4) is 0 Å². The molecular weight excluding hydrogens is 453 g/mol. The molecule has 1 aromatic carbocycles. The van der Waals surface area contributed by atoms with Gasteiger partial charge in [-0.2, -0.15) is 10.2 Å². The Labute approximate surface area is 175 Å². The van der Waals surface area contributed by atoms with E-state index >= 15 is 0 Å². The molecule has 3 aromatic rings. The van der Waals surface area contributed by atoms with E-state index in [4.69, 9.17) is 23.2 Å². The number of hydrogen-bond donors (Lipinski definition) is 1. The van der Waals surface area contributed by atoms with E-state index in [1.54, 1.807) is 33.8 Å². The van der Waals surface area contributed by atoms with Crippen molar-refractivity contribution in [1.82, 2.24) is 19.6 Å². The summed E-state index contributed by atoms with van der Waals surface area (Å²) in [6, 6.07) is 5.38. The molecule has 0 fully saturated rings. The van der Waals surface area contributed by atoms with Crippen molar-refractivity contribution in [1.29, 1.82) is 0 Å². The van der Waals surface area contributed by atoms with Crippen LogP contribution < -0.4 is 5.32 Å². The summed E-state index contributed by atoms with van der Waals surface area (Å²) in [5.41, 5.74) is 3.28. The Balaban J connectivity index is 1.87. The van der Waals surface area contributed by atoms with Crippen LogP contribution in [0, 0.1) is 13.8 Å². The molecule has 142 valence electrons. The topological polar surface area (TPSA) is 64.7 Å². The van der Waals surface area contributed by atoms with Gasteiger partial charge in [0, 0.05) is 28.4 Å². The van der Waals surface area contributed by atoms with Gasteiger partial charge < -0.3 is 5.32 Å². The van der Waals surface area contributed by atoms with Gasteiger partial charge in [-0.05, 0) is 48.8 Å². The van der Waals surface area contributed by atoms with Gasteiger partial charge >= 0.3 is 0 Å². The van der Waals surface area contributed by atoms with Gasteiger partial charge in [0.15, 0.2) is 5.69 Å². The SMILES string of the molecule is CCn1cc(Br)c(C(=O)Nc2c(C)nn(Cc3c(Cl)cccc3Cl)c2C)n1. The first-order valence-corrected chi connectivity index (χ1v) is 9.87. The monoisotopic (exact) mass is 469 g/mol. The number of carbonyl (C=O) groups is 1. The molecule has 2 heterocycles. The molecule has 3 rings (SSSR count). The van der Waals surface area contributed by atoms with Crippen molar-refractivity contribution in [3.05, 3.63) is 61.6 Å². The molecule has 0 saturated carbocycles. The average molecular weight is 471 g/mol. The number of rotatable bonds is 5. The number of benzene rings is 1. The molecule has 1 N–H and O–H groups in total. The highest BCUT2D eigenvalue weighted by molar-refractivity contribution is 9.10. The van der Waals surface area contributed by atoms with E-state index in [0.29, 0.717) is 44.7 Å². The Morgan fingerprint density at radius 3 is 2.48 bits per heavy atom. The fourth-order valence-corrected chi connectivity index (χ4v) is 3.76. The minimum Gasteiger partial charge on any atom is -0.317 e. The quantitative estimate of drug-likeness (QED) is 0.565. The Hall–Kier alpha value is -1.83. The fourth-order valence-electron chi connectivity index (χ4n) is 2.75. The van der Waals surface area contributed by atoms with E-state index in [0.717, 1.165) is 11.3 Å². The number of aromatic nitrogens is 4. The number of nitrogens with one attached hydrogen (secondary N) is 1. The molecule has 0 radical (unpaired) electrons. The molecular formula is C18H18BrCl2N5O. The normalized spacial score (nSPS) is 11.0. The number of anilines is 1. The van der Waals surface area contributed by atoms with Gasteiger partial charge in [-0.15, -0.1) is 0 Å². The molecule has 27 heavy (non-hydrogen) atoms. The zero-order chi connectivity index (χ0) is 19.7. The molecule has 9 heteroatoms. The molecule has 0 aliphatic carbocycles. The number of hydrogen-bond acceptors (Lipinski definition) is 3. The van der Waals surface area contributed by atoms with Gasteiger partial charge in [-0.1, -0.05) is 29.3 Å². The fraction of sp³-hybridized carbons (Fsp3) is 0.278. The second kappa shape index (κ2) is 8.04. The minimum absolute atomic E-state index is 0.296. The molecule has 0 unspecified atom stereocenters. The summed E-state index contributed by atoms with van der Waals surface area (Å²) in [5.74, 6) is -0.296. The summed E-state index contributed by atoms with van der Waals surface area (Å²) >= 11 is 15.9. The molecule has 0 spiro atoms. The predicted octanol–water partition coefficient (Wildman–Crippen LogP) is 5.09. The van der Waals surface area contributed by atoms with Crippen molar-refractivity contribution < 1.29 is 4.79 Å². The van der Waals surface area contributed by atoms with E-state index in [1.165, 1.54) is 0 Å². The van der Waals surface area contributed by atoms with E-state index < -0.39 is 0 Å². The maximum atomic E-state index is 12.6. The largest absolute Gasteiger partial charge is 0.317 e. The standard InChI is InChI=1S/C18H18BrCl2N5O/c1-4-25-9-13(19)17(24-25)18(27)22-16-10(2)23-26(11(16)3)8-12-14(20)6-5-7-15(12)21/h5-7,9H,4,8H2,1-3H3,(H,22,27). The summed E-state index contributed by atoms with van der Waals surface area (Å²) in [4.78, 5) is 12.6. The predicted molar refractivity (Wildman–Crippen MR) is 111 cm³/mol. The number of amides is 1. The van der Waals surface area contributed by atoms with Crippen molar-refractivity contribution in [2.75, 3.05) is 5.32 Å². The first-order valence-electron chi connectivity index (χ1n) is 8.33. The molecule has 2 aromatic heterocycles. The van der Waals surface area contributed by atoms with Crippen molar-refractivity contribution >= 4 is 50.7 Å². The smallest absolute Gasteiger partial charge is 0.277 e. The second-order valence-electron chi connectivity index (χ2n) is 6.04. The van der Waals surface area contributed by atoms with E-state index in [9.17, 15) is 4.79 Å². The summed E-state index contributed by atoms with van der Waals surface area (Å²) in [5, 5.41) is 12.9. The van der Waals surface area contributed by atoms with Gasteiger partial charge in [0.2, 0.25) is 0 Å². The number of nitrogens with zero attached hydrogens (tertiary/aromatic N) is 4. The molecule has 1 amide bonds. The van der Waals surface area contributed by atoms with E-state index in [1.807, 2.05) is 20.8 Å². The van der Waals surface area contributed by atoms with Gasteiger partial charge in [0.05, 0.1) is 28.1 Å². The first-order chi connectivity index (χ1) is 12.8. The summed E-state index contributed by atoms with van der Waals surface area (Å²) < 4.78 is 4.12. The highest BCUT2D eigenvalue weighted by Crippen LogP contribution is 2.28. The Kier molecular flexibility index (Phi) is 5.93. The lowest BCUT2D eigenvalue weighted by Crippen LogP contribution is -2.15. The lowest BCUT2D eigenvalue weighted by molar-refractivity contribution is 0.102. The van der Waals surface area contributed by atoms with E-state index in [2.05, 4.69) is 31.4 Å². The molecule has 6 nitrogen and oxygen atoms in total. The molecule has 0 atom stereocenters. The lowest BCUT2D eigenvalue weighted by Gasteiger charge is -2.09. The van der Waals surface area contributed by atoms with Gasteiger partial charge in [-0.3, -0.25) is 14.2 Å². The Bertz CT molecular complexity index is 991.